The van der Waals surface area contributed by atoms with E-state index in [1.54, 1.807) is 0 Å². The van der Waals surface area contributed by atoms with Gasteiger partial charge in [0.05, 0.1) is 0 Å². The molecule has 0 bridgehead atoms. The first kappa shape index (κ1) is 31.0. The van der Waals surface area contributed by atoms with Crippen LogP contribution in [-0.4, -0.2) is 11.2 Å². The fourth-order valence-electron chi connectivity index (χ4n) is 4.48. The van der Waals surface area contributed by atoms with Crippen LogP contribution < -0.4 is 0 Å². The highest BCUT2D eigenvalue weighted by Gasteiger charge is 2.07. The highest BCUT2D eigenvalue weighted by Crippen LogP contribution is 2.16. The second-order valence-electron chi connectivity index (χ2n) is 9.93. The van der Waals surface area contributed by atoms with Crippen LogP contribution in [0.4, 0.5) is 0 Å². The summed E-state index contributed by atoms with van der Waals surface area (Å²) in [7, 11) is 0. The summed E-state index contributed by atoms with van der Waals surface area (Å²) in [6, 6.07) is 0. The molecule has 0 saturated heterocycles. The van der Waals surface area contributed by atoms with Gasteiger partial charge in [0.1, 0.15) is 5.78 Å². The number of alkyl halides is 1. The molecule has 0 aliphatic rings. The molecule has 186 valence electrons. The van der Waals surface area contributed by atoms with Crippen LogP contribution in [0.5, 0.6) is 0 Å². The molecule has 0 aromatic rings. The molecule has 1 unspecified atom stereocenters. The molecule has 2 heteroatoms. The van der Waals surface area contributed by atoms with Crippen LogP contribution in [-0.2, 0) is 4.79 Å². The number of carbonyl (C=O) groups excluding carboxylic acids is 1. The first-order chi connectivity index (χ1) is 15.2. The molecule has 0 N–H and O–H groups in total. The Balaban J connectivity index is 3.13. The van der Waals surface area contributed by atoms with Gasteiger partial charge in [-0.15, -0.1) is 11.6 Å². The third-order valence-electron chi connectivity index (χ3n) is 6.65. The van der Waals surface area contributed by atoms with Crippen molar-refractivity contribution in [1.29, 1.82) is 0 Å². The van der Waals surface area contributed by atoms with E-state index in [0.717, 1.165) is 32.1 Å². The van der Waals surface area contributed by atoms with E-state index >= 15 is 0 Å². The monoisotopic (exact) mass is 456 g/mol. The van der Waals surface area contributed by atoms with Crippen molar-refractivity contribution < 1.29 is 4.79 Å². The van der Waals surface area contributed by atoms with Crippen LogP contribution in [0, 0.1) is 0 Å². The SMILES string of the molecule is CCCCCCCCCCCCCCCCCCCCCCC(=O)CCC(Cl)CCC. The molecule has 1 atom stereocenters. The van der Waals surface area contributed by atoms with Crippen molar-refractivity contribution in [3.63, 3.8) is 0 Å². The first-order valence-electron chi connectivity index (χ1n) is 14.4. The van der Waals surface area contributed by atoms with Crippen molar-refractivity contribution in [1.82, 2.24) is 0 Å². The number of carbonyl (C=O) groups is 1. The van der Waals surface area contributed by atoms with Gasteiger partial charge in [0.15, 0.2) is 0 Å². The van der Waals surface area contributed by atoms with Crippen molar-refractivity contribution >= 4 is 17.4 Å². The number of unbranched alkanes of at least 4 members (excludes halogenated alkanes) is 19. The number of hydrogen-bond acceptors (Lipinski definition) is 1. The maximum atomic E-state index is 11.9. The van der Waals surface area contributed by atoms with Crippen LogP contribution in [0.1, 0.15) is 174 Å². The Morgan fingerprint density at radius 3 is 1.19 bits per heavy atom. The van der Waals surface area contributed by atoms with Gasteiger partial charge >= 0.3 is 0 Å². The molecule has 0 saturated carbocycles. The van der Waals surface area contributed by atoms with Crippen LogP contribution in [0.25, 0.3) is 0 Å². The first-order valence-corrected chi connectivity index (χ1v) is 14.8. The largest absolute Gasteiger partial charge is 0.300 e. The van der Waals surface area contributed by atoms with Crippen LogP contribution in [0.15, 0.2) is 0 Å². The molecular formula is C29H57ClO. The number of Topliss-reactive ketones (excluding diaryl/α,β-unsaturated/α-hetero) is 1. The van der Waals surface area contributed by atoms with Crippen molar-refractivity contribution in [2.24, 2.45) is 0 Å². The van der Waals surface area contributed by atoms with Crippen molar-refractivity contribution in [2.45, 2.75) is 180 Å². The molecule has 0 radical (unpaired) electrons. The molecule has 0 aliphatic heterocycles. The van der Waals surface area contributed by atoms with E-state index in [0.29, 0.717) is 12.2 Å². The van der Waals surface area contributed by atoms with Gasteiger partial charge < -0.3 is 0 Å². The lowest BCUT2D eigenvalue weighted by molar-refractivity contribution is -0.119. The summed E-state index contributed by atoms with van der Waals surface area (Å²) in [6.45, 7) is 4.44. The van der Waals surface area contributed by atoms with Gasteiger partial charge in [0, 0.05) is 18.2 Å². The Kier molecular flexibility index (Phi) is 26.2. The van der Waals surface area contributed by atoms with E-state index in [-0.39, 0.29) is 5.38 Å². The minimum absolute atomic E-state index is 0.198. The summed E-state index contributed by atoms with van der Waals surface area (Å²) >= 11 is 6.19. The minimum Gasteiger partial charge on any atom is -0.300 e. The molecule has 0 rings (SSSR count). The van der Waals surface area contributed by atoms with Gasteiger partial charge in [-0.3, -0.25) is 4.79 Å². The Morgan fingerprint density at radius 2 is 0.839 bits per heavy atom. The molecule has 0 heterocycles. The molecule has 31 heavy (non-hydrogen) atoms. The molecule has 0 fully saturated rings. The maximum absolute atomic E-state index is 11.9. The van der Waals surface area contributed by atoms with Crippen molar-refractivity contribution in [2.75, 3.05) is 0 Å². The fraction of sp³-hybridized carbons (Fsp3) is 0.966. The third-order valence-corrected chi connectivity index (χ3v) is 7.08. The van der Waals surface area contributed by atoms with E-state index in [1.807, 2.05) is 0 Å². The predicted octanol–water partition coefficient (Wildman–Crippen LogP) is 11.0. The average Bonchev–Trinajstić information content (AvgIpc) is 2.76. The summed E-state index contributed by atoms with van der Waals surface area (Å²) < 4.78 is 0. The van der Waals surface area contributed by atoms with Gasteiger partial charge in [-0.1, -0.05) is 142 Å². The smallest absolute Gasteiger partial charge is 0.132 e. The minimum atomic E-state index is 0.198. The second-order valence-corrected chi connectivity index (χ2v) is 10.5. The van der Waals surface area contributed by atoms with E-state index in [9.17, 15) is 4.79 Å². The standard InChI is InChI=1S/C29H57ClO/c1-3-5-6-7-8-9-10-11-12-13-14-15-16-17-18-19-20-21-22-23-25-29(31)27-26-28(30)24-4-2/h28H,3-27H2,1-2H3. The Bertz CT molecular complexity index is 355. The molecule has 0 amide bonds. The zero-order chi connectivity index (χ0) is 22.8. The molecule has 0 aliphatic carbocycles. The van der Waals surface area contributed by atoms with Gasteiger partial charge in [0.2, 0.25) is 0 Å². The third kappa shape index (κ3) is 26.1. The summed E-state index contributed by atoms with van der Waals surface area (Å²) in [4.78, 5) is 11.9. The van der Waals surface area contributed by atoms with E-state index in [1.165, 1.54) is 122 Å². The Hall–Kier alpha value is -0.0400. The second kappa shape index (κ2) is 26.2. The lowest BCUT2D eigenvalue weighted by Gasteiger charge is -2.07. The van der Waals surface area contributed by atoms with Gasteiger partial charge in [0.25, 0.3) is 0 Å². The van der Waals surface area contributed by atoms with Crippen LogP contribution in [0.2, 0.25) is 0 Å². The maximum Gasteiger partial charge on any atom is 0.132 e. The zero-order valence-electron chi connectivity index (χ0n) is 21.5. The van der Waals surface area contributed by atoms with E-state index in [2.05, 4.69) is 13.8 Å². The topological polar surface area (TPSA) is 17.1 Å². The number of hydrogen-bond donors (Lipinski definition) is 0. The highest BCUT2D eigenvalue weighted by molar-refractivity contribution is 6.20. The molecule has 1 nitrogen and oxygen atoms in total. The molecular weight excluding hydrogens is 400 g/mol. The van der Waals surface area contributed by atoms with Crippen molar-refractivity contribution in [3.05, 3.63) is 0 Å². The highest BCUT2D eigenvalue weighted by atomic mass is 35.5. The summed E-state index contributed by atoms with van der Waals surface area (Å²) in [5.41, 5.74) is 0. The summed E-state index contributed by atoms with van der Waals surface area (Å²) in [6.07, 6.45) is 32.5. The number of ketones is 1. The van der Waals surface area contributed by atoms with Crippen LogP contribution in [0.3, 0.4) is 0 Å². The lowest BCUT2D eigenvalue weighted by Crippen LogP contribution is -2.04. The number of halogens is 1. The zero-order valence-corrected chi connectivity index (χ0v) is 22.3. The quantitative estimate of drug-likeness (QED) is 0.0933. The Labute approximate surface area is 201 Å². The lowest BCUT2D eigenvalue weighted by atomic mass is 10.0. The van der Waals surface area contributed by atoms with Gasteiger partial charge in [-0.05, 0) is 19.3 Å². The normalized spacial score (nSPS) is 12.4. The van der Waals surface area contributed by atoms with Gasteiger partial charge in [-0.2, -0.15) is 0 Å². The van der Waals surface area contributed by atoms with Crippen LogP contribution >= 0.6 is 11.6 Å². The predicted molar refractivity (Wildman–Crippen MR) is 141 cm³/mol. The van der Waals surface area contributed by atoms with E-state index in [4.69, 9.17) is 11.6 Å². The fourth-order valence-corrected chi connectivity index (χ4v) is 4.80. The average molecular weight is 457 g/mol. The van der Waals surface area contributed by atoms with E-state index < -0.39 is 0 Å². The summed E-state index contributed by atoms with van der Waals surface area (Å²) in [5, 5.41) is 0.198. The van der Waals surface area contributed by atoms with Crippen molar-refractivity contribution in [3.8, 4) is 0 Å². The molecule has 0 spiro atoms. The molecule has 0 aromatic heterocycles. The summed E-state index contributed by atoms with van der Waals surface area (Å²) in [5.74, 6) is 0.421. The number of rotatable bonds is 26. The van der Waals surface area contributed by atoms with Gasteiger partial charge in [-0.25, -0.2) is 0 Å². The molecule has 0 aromatic carbocycles. The Morgan fingerprint density at radius 1 is 0.484 bits per heavy atom.